The maximum absolute atomic E-state index is 2.76. The van der Waals surface area contributed by atoms with Crippen LogP contribution in [-0.2, 0) is 5.41 Å². The summed E-state index contributed by atoms with van der Waals surface area (Å²) in [5, 5.41) is 0. The molecule has 5 aliphatic rings. The summed E-state index contributed by atoms with van der Waals surface area (Å²) in [5.74, 6) is 2.83. The van der Waals surface area contributed by atoms with Gasteiger partial charge in [0.15, 0.2) is 0 Å². The Balaban J connectivity index is 1.08. The third kappa shape index (κ3) is 7.28. The Morgan fingerprint density at radius 3 is 1.40 bits per heavy atom. The predicted molar refractivity (Wildman–Crippen MR) is 247 cm³/mol. The van der Waals surface area contributed by atoms with Gasteiger partial charge in [0, 0.05) is 22.5 Å². The lowest BCUT2D eigenvalue weighted by atomic mass is 9.72. The summed E-state index contributed by atoms with van der Waals surface area (Å²) in [6, 6.07) is 41.5. The fraction of sp³-hybridized carbons (Fsp3) is 0.474. The first-order chi connectivity index (χ1) is 28.5. The molecule has 0 heterocycles. The predicted octanol–water partition coefficient (Wildman–Crippen LogP) is 17.3. The van der Waals surface area contributed by atoms with E-state index in [0.717, 1.165) is 5.92 Å². The Morgan fingerprint density at radius 1 is 0.397 bits per heavy atom. The van der Waals surface area contributed by atoms with Crippen LogP contribution >= 0.6 is 0 Å². The van der Waals surface area contributed by atoms with Crippen LogP contribution in [0.15, 0.2) is 103 Å². The van der Waals surface area contributed by atoms with E-state index in [0.29, 0.717) is 17.8 Å². The molecule has 0 aliphatic heterocycles. The van der Waals surface area contributed by atoms with Crippen LogP contribution in [0.1, 0.15) is 199 Å². The Hall–Kier alpha value is -4.10. The topological polar surface area (TPSA) is 3.24 Å². The molecule has 0 atom stereocenters. The first kappa shape index (κ1) is 38.1. The lowest BCUT2D eigenvalue weighted by molar-refractivity contribution is 0.428. The average Bonchev–Trinajstić information content (AvgIpc) is 3.53. The highest BCUT2D eigenvalue weighted by Crippen LogP contribution is 2.52. The number of fused-ring (bicyclic) bond motifs is 3. The van der Waals surface area contributed by atoms with Crippen LogP contribution in [0.5, 0.6) is 0 Å². The third-order valence-corrected chi connectivity index (χ3v) is 15.9. The first-order valence-electron chi connectivity index (χ1n) is 24.0. The summed E-state index contributed by atoms with van der Waals surface area (Å²) in [4.78, 5) is 2.55. The van der Waals surface area contributed by atoms with E-state index >= 15 is 0 Å². The van der Waals surface area contributed by atoms with Gasteiger partial charge < -0.3 is 4.90 Å². The molecule has 300 valence electrons. The second kappa shape index (κ2) is 16.5. The third-order valence-electron chi connectivity index (χ3n) is 15.9. The molecule has 0 unspecified atom stereocenters. The summed E-state index contributed by atoms with van der Waals surface area (Å²) in [7, 11) is 0. The molecule has 10 rings (SSSR count). The fourth-order valence-corrected chi connectivity index (χ4v) is 12.6. The number of hydrogen-bond donors (Lipinski definition) is 0. The van der Waals surface area contributed by atoms with E-state index in [9.17, 15) is 0 Å². The molecule has 4 saturated carbocycles. The summed E-state index contributed by atoms with van der Waals surface area (Å²) >= 11 is 0. The molecule has 0 spiro atoms. The molecule has 0 amide bonds. The van der Waals surface area contributed by atoms with Crippen LogP contribution in [0.4, 0.5) is 17.1 Å². The van der Waals surface area contributed by atoms with E-state index in [-0.39, 0.29) is 5.41 Å². The number of rotatable bonds is 8. The van der Waals surface area contributed by atoms with E-state index in [1.807, 2.05) is 0 Å². The van der Waals surface area contributed by atoms with Crippen LogP contribution in [0.2, 0.25) is 0 Å². The van der Waals surface area contributed by atoms with Crippen molar-refractivity contribution >= 4 is 17.1 Å². The summed E-state index contributed by atoms with van der Waals surface area (Å²) in [6.07, 6.45) is 27.5. The Bertz CT molecular complexity index is 2140. The monoisotopic (exact) mass is 766 g/mol. The van der Waals surface area contributed by atoms with Gasteiger partial charge in [-0.05, 0) is 167 Å². The van der Waals surface area contributed by atoms with Gasteiger partial charge in [0.1, 0.15) is 0 Å². The molecule has 1 nitrogen and oxygen atoms in total. The quantitative estimate of drug-likeness (QED) is 0.152. The molecule has 0 bridgehead atoms. The van der Waals surface area contributed by atoms with Crippen molar-refractivity contribution in [3.05, 3.63) is 137 Å². The minimum Gasteiger partial charge on any atom is -0.310 e. The van der Waals surface area contributed by atoms with Gasteiger partial charge in [-0.25, -0.2) is 0 Å². The fourth-order valence-electron chi connectivity index (χ4n) is 12.6. The SMILES string of the molecule is CC1(C)c2ccccc2-c2ccc(N(c3ccc(-c4c(C5CCCCC5)cc(C5CCCCC5)cc4C4CCCCC4)cc3)c3ccc(C4CCCCC4)cc3)cc21. The molecule has 5 aromatic carbocycles. The highest BCUT2D eigenvalue weighted by Gasteiger charge is 2.36. The number of nitrogens with zero attached hydrogens (tertiary/aromatic N) is 1. The summed E-state index contributed by atoms with van der Waals surface area (Å²) in [5.41, 5.74) is 19.0. The molecule has 0 aromatic heterocycles. The normalized spacial score (nSPS) is 20.4. The van der Waals surface area contributed by atoms with Gasteiger partial charge in [0.25, 0.3) is 0 Å². The van der Waals surface area contributed by atoms with E-state index in [2.05, 4.69) is 122 Å². The Morgan fingerprint density at radius 2 is 0.845 bits per heavy atom. The molecule has 0 N–H and O–H groups in total. The van der Waals surface area contributed by atoms with Crippen molar-refractivity contribution in [1.82, 2.24) is 0 Å². The first-order valence-corrected chi connectivity index (χ1v) is 24.0. The highest BCUT2D eigenvalue weighted by atomic mass is 15.1. The average molecular weight is 766 g/mol. The molecule has 4 fully saturated rings. The van der Waals surface area contributed by atoms with Gasteiger partial charge in [0.05, 0.1) is 0 Å². The smallest absolute Gasteiger partial charge is 0.0465 e. The van der Waals surface area contributed by atoms with Crippen LogP contribution in [0.25, 0.3) is 22.3 Å². The zero-order valence-corrected chi connectivity index (χ0v) is 35.7. The molecular formula is C57H67N. The maximum atomic E-state index is 2.76. The van der Waals surface area contributed by atoms with E-state index in [1.54, 1.807) is 22.3 Å². The standard InChI is InChI=1S/C57H67N/c1-57(2)54-26-16-15-25-50(54)51-36-35-49(39-55(51)57)58(47-31-27-42(28-32-47)40-17-7-3-8-18-40)48-33-29-45(30-34-48)56-52(43-21-11-5-12-22-43)37-46(41-19-9-4-10-20-41)38-53(56)44-23-13-6-14-24-44/h15-16,25-41,43-44H,3-14,17-24H2,1-2H3. The van der Waals surface area contributed by atoms with Crippen molar-refractivity contribution in [2.24, 2.45) is 0 Å². The largest absolute Gasteiger partial charge is 0.310 e. The van der Waals surface area contributed by atoms with Crippen molar-refractivity contribution < 1.29 is 0 Å². The van der Waals surface area contributed by atoms with Crippen LogP contribution < -0.4 is 4.90 Å². The lowest BCUT2D eigenvalue weighted by Crippen LogP contribution is -2.16. The number of hydrogen-bond acceptors (Lipinski definition) is 1. The summed E-state index contributed by atoms with van der Waals surface area (Å²) < 4.78 is 0. The Kier molecular flexibility index (Phi) is 10.9. The van der Waals surface area contributed by atoms with Gasteiger partial charge in [-0.15, -0.1) is 0 Å². The van der Waals surface area contributed by atoms with Gasteiger partial charge >= 0.3 is 0 Å². The van der Waals surface area contributed by atoms with Gasteiger partial charge in [-0.1, -0.05) is 158 Å². The molecule has 5 aliphatic carbocycles. The van der Waals surface area contributed by atoms with Crippen molar-refractivity contribution in [1.29, 1.82) is 0 Å². The van der Waals surface area contributed by atoms with Crippen LogP contribution in [0, 0.1) is 0 Å². The highest BCUT2D eigenvalue weighted by molar-refractivity contribution is 5.86. The van der Waals surface area contributed by atoms with Gasteiger partial charge in [-0.3, -0.25) is 0 Å². The van der Waals surface area contributed by atoms with Crippen molar-refractivity contribution in [3.63, 3.8) is 0 Å². The van der Waals surface area contributed by atoms with E-state index in [4.69, 9.17) is 0 Å². The van der Waals surface area contributed by atoms with Crippen molar-refractivity contribution in [3.8, 4) is 22.3 Å². The second-order valence-corrected chi connectivity index (χ2v) is 19.8. The van der Waals surface area contributed by atoms with Crippen LogP contribution in [-0.4, -0.2) is 0 Å². The number of anilines is 3. The maximum Gasteiger partial charge on any atom is 0.0465 e. The molecule has 1 heteroatoms. The summed E-state index contributed by atoms with van der Waals surface area (Å²) in [6.45, 7) is 4.82. The van der Waals surface area contributed by atoms with Gasteiger partial charge in [-0.2, -0.15) is 0 Å². The zero-order valence-electron chi connectivity index (χ0n) is 35.7. The molecular weight excluding hydrogens is 699 g/mol. The Labute approximate surface area is 350 Å². The second-order valence-electron chi connectivity index (χ2n) is 19.8. The molecule has 58 heavy (non-hydrogen) atoms. The van der Waals surface area contributed by atoms with E-state index < -0.39 is 0 Å². The molecule has 0 saturated heterocycles. The minimum absolute atomic E-state index is 0.0445. The van der Waals surface area contributed by atoms with Crippen molar-refractivity contribution in [2.75, 3.05) is 4.90 Å². The van der Waals surface area contributed by atoms with E-state index in [1.165, 1.54) is 179 Å². The lowest BCUT2D eigenvalue weighted by Gasteiger charge is -2.33. The zero-order chi connectivity index (χ0) is 39.1. The molecule has 5 aromatic rings. The number of benzene rings is 5. The van der Waals surface area contributed by atoms with Crippen molar-refractivity contribution in [2.45, 2.75) is 171 Å². The minimum atomic E-state index is -0.0445. The van der Waals surface area contributed by atoms with Crippen LogP contribution in [0.3, 0.4) is 0 Å². The molecule has 0 radical (unpaired) electrons. The van der Waals surface area contributed by atoms with Gasteiger partial charge in [0.2, 0.25) is 0 Å².